The Hall–Kier alpha value is -0.120. The van der Waals surface area contributed by atoms with Crippen LogP contribution in [0.5, 0.6) is 0 Å². The summed E-state index contributed by atoms with van der Waals surface area (Å²) in [5.41, 5.74) is 0. The first kappa shape index (κ1) is 13.9. The molecule has 1 fully saturated rings. The van der Waals surface area contributed by atoms with Crippen molar-refractivity contribution in [3.05, 3.63) is 0 Å². The average Bonchev–Trinajstić information content (AvgIpc) is 2.21. The van der Waals surface area contributed by atoms with E-state index in [0.29, 0.717) is 17.9 Å². The fourth-order valence-corrected chi connectivity index (χ4v) is 2.22. The maximum atomic E-state index is 9.82. The summed E-state index contributed by atoms with van der Waals surface area (Å²) in [6, 6.07) is 0.564. The molecule has 3 nitrogen and oxygen atoms in total. The number of aliphatic hydroxyl groups excluding tert-OH is 1. The summed E-state index contributed by atoms with van der Waals surface area (Å²) in [5.74, 6) is 1.13. The maximum Gasteiger partial charge on any atom is 0.0693 e. The van der Waals surface area contributed by atoms with E-state index in [1.807, 2.05) is 0 Å². The Morgan fingerprint density at radius 1 is 1.38 bits per heavy atom. The zero-order valence-electron chi connectivity index (χ0n) is 11.2. The first-order valence-corrected chi connectivity index (χ1v) is 6.62. The fourth-order valence-electron chi connectivity index (χ4n) is 2.22. The predicted molar refractivity (Wildman–Crippen MR) is 68.5 cm³/mol. The minimum Gasteiger partial charge on any atom is -0.392 e. The van der Waals surface area contributed by atoms with Gasteiger partial charge in [0, 0.05) is 19.1 Å². The molecule has 1 aliphatic heterocycles. The number of hydrogen-bond acceptors (Lipinski definition) is 3. The summed E-state index contributed by atoms with van der Waals surface area (Å²) < 4.78 is 0. The third-order valence-corrected chi connectivity index (χ3v) is 3.45. The second-order valence-corrected chi connectivity index (χ2v) is 5.76. The quantitative estimate of drug-likeness (QED) is 0.745. The topological polar surface area (TPSA) is 35.5 Å². The summed E-state index contributed by atoms with van der Waals surface area (Å²) in [6.45, 7) is 12.9. The zero-order valence-corrected chi connectivity index (χ0v) is 11.2. The van der Waals surface area contributed by atoms with Crippen LogP contribution < -0.4 is 5.32 Å². The van der Waals surface area contributed by atoms with Gasteiger partial charge in [-0.25, -0.2) is 0 Å². The number of β-amino-alcohol motifs (C(OH)–C–C–N with tert-alkyl or cyclic N) is 1. The molecule has 0 radical (unpaired) electrons. The van der Waals surface area contributed by atoms with Crippen molar-refractivity contribution >= 4 is 0 Å². The molecule has 0 aromatic carbocycles. The first-order valence-electron chi connectivity index (χ1n) is 6.62. The largest absolute Gasteiger partial charge is 0.392 e. The van der Waals surface area contributed by atoms with E-state index in [-0.39, 0.29) is 6.10 Å². The van der Waals surface area contributed by atoms with E-state index in [0.717, 1.165) is 32.6 Å². The Morgan fingerprint density at radius 2 is 2.06 bits per heavy atom. The summed E-state index contributed by atoms with van der Waals surface area (Å²) >= 11 is 0. The van der Waals surface area contributed by atoms with Gasteiger partial charge in [0.15, 0.2) is 0 Å². The number of hydrogen-bond donors (Lipinski definition) is 2. The SMILES string of the molecule is CC(CNC(C)C)CN1CCC(C)C(O)C1. The Kier molecular flexibility index (Phi) is 5.73. The molecule has 0 saturated carbocycles. The van der Waals surface area contributed by atoms with Crippen LogP contribution in [-0.2, 0) is 0 Å². The molecule has 1 saturated heterocycles. The van der Waals surface area contributed by atoms with E-state index < -0.39 is 0 Å². The average molecular weight is 228 g/mol. The van der Waals surface area contributed by atoms with Gasteiger partial charge in [0.05, 0.1) is 6.10 Å². The highest BCUT2D eigenvalue weighted by molar-refractivity contribution is 4.78. The van der Waals surface area contributed by atoms with Gasteiger partial charge >= 0.3 is 0 Å². The van der Waals surface area contributed by atoms with Crippen molar-refractivity contribution in [2.75, 3.05) is 26.2 Å². The van der Waals surface area contributed by atoms with Crippen LogP contribution in [0.2, 0.25) is 0 Å². The van der Waals surface area contributed by atoms with Crippen LogP contribution in [0.3, 0.4) is 0 Å². The number of aliphatic hydroxyl groups is 1. The zero-order chi connectivity index (χ0) is 12.1. The third-order valence-electron chi connectivity index (χ3n) is 3.45. The van der Waals surface area contributed by atoms with Gasteiger partial charge in [0.2, 0.25) is 0 Å². The lowest BCUT2D eigenvalue weighted by molar-refractivity contribution is 0.0238. The second-order valence-electron chi connectivity index (χ2n) is 5.76. The number of likely N-dealkylation sites (tertiary alicyclic amines) is 1. The van der Waals surface area contributed by atoms with Crippen molar-refractivity contribution in [2.24, 2.45) is 11.8 Å². The normalized spacial score (nSPS) is 29.6. The first-order chi connectivity index (χ1) is 7.49. The highest BCUT2D eigenvalue weighted by atomic mass is 16.3. The van der Waals surface area contributed by atoms with Gasteiger partial charge in [-0.15, -0.1) is 0 Å². The molecule has 0 bridgehead atoms. The molecule has 96 valence electrons. The fraction of sp³-hybridized carbons (Fsp3) is 1.00. The van der Waals surface area contributed by atoms with Crippen molar-refractivity contribution in [1.82, 2.24) is 10.2 Å². The standard InChI is InChI=1S/C13H28N2O/c1-10(2)14-7-11(3)8-15-6-5-12(4)13(16)9-15/h10-14,16H,5-9H2,1-4H3. The van der Waals surface area contributed by atoms with Gasteiger partial charge in [0.1, 0.15) is 0 Å². The van der Waals surface area contributed by atoms with Gasteiger partial charge in [0.25, 0.3) is 0 Å². The second kappa shape index (κ2) is 6.58. The molecule has 0 aromatic rings. The summed E-state index contributed by atoms with van der Waals surface area (Å²) in [7, 11) is 0. The van der Waals surface area contributed by atoms with E-state index in [2.05, 4.69) is 37.9 Å². The van der Waals surface area contributed by atoms with Crippen molar-refractivity contribution in [2.45, 2.75) is 46.3 Å². The van der Waals surface area contributed by atoms with Crippen LogP contribution in [0.1, 0.15) is 34.1 Å². The van der Waals surface area contributed by atoms with Crippen LogP contribution in [0.15, 0.2) is 0 Å². The van der Waals surface area contributed by atoms with Crippen LogP contribution in [0.4, 0.5) is 0 Å². The van der Waals surface area contributed by atoms with E-state index in [9.17, 15) is 5.11 Å². The highest BCUT2D eigenvalue weighted by Crippen LogP contribution is 2.17. The van der Waals surface area contributed by atoms with Crippen LogP contribution >= 0.6 is 0 Å². The Morgan fingerprint density at radius 3 is 2.62 bits per heavy atom. The van der Waals surface area contributed by atoms with E-state index in [1.165, 1.54) is 0 Å². The minimum atomic E-state index is -0.126. The van der Waals surface area contributed by atoms with E-state index >= 15 is 0 Å². The molecule has 0 spiro atoms. The lowest BCUT2D eigenvalue weighted by Gasteiger charge is -2.35. The van der Waals surface area contributed by atoms with Crippen molar-refractivity contribution < 1.29 is 5.11 Å². The molecule has 0 aromatic heterocycles. The molecule has 0 aliphatic carbocycles. The van der Waals surface area contributed by atoms with Gasteiger partial charge in [-0.2, -0.15) is 0 Å². The number of piperidine rings is 1. The number of nitrogens with zero attached hydrogens (tertiary/aromatic N) is 1. The highest BCUT2D eigenvalue weighted by Gasteiger charge is 2.24. The molecule has 16 heavy (non-hydrogen) atoms. The molecule has 2 N–H and O–H groups in total. The molecule has 3 atom stereocenters. The maximum absolute atomic E-state index is 9.82. The summed E-state index contributed by atoms with van der Waals surface area (Å²) in [4.78, 5) is 2.40. The van der Waals surface area contributed by atoms with Crippen LogP contribution in [-0.4, -0.2) is 48.3 Å². The monoisotopic (exact) mass is 228 g/mol. The number of nitrogens with one attached hydrogen (secondary N) is 1. The van der Waals surface area contributed by atoms with Crippen LogP contribution in [0.25, 0.3) is 0 Å². The third kappa shape index (κ3) is 4.81. The van der Waals surface area contributed by atoms with E-state index in [1.54, 1.807) is 0 Å². The predicted octanol–water partition coefficient (Wildman–Crippen LogP) is 1.32. The van der Waals surface area contributed by atoms with Crippen molar-refractivity contribution in [1.29, 1.82) is 0 Å². The molecule has 3 heteroatoms. The Labute approximate surface area is 100 Å². The van der Waals surface area contributed by atoms with E-state index in [4.69, 9.17) is 0 Å². The van der Waals surface area contributed by atoms with Gasteiger partial charge < -0.3 is 15.3 Å². The Bertz CT molecular complexity index is 196. The molecule has 1 aliphatic rings. The molecule has 0 amide bonds. The van der Waals surface area contributed by atoms with Crippen molar-refractivity contribution in [3.63, 3.8) is 0 Å². The minimum absolute atomic E-state index is 0.126. The molecule has 1 heterocycles. The van der Waals surface area contributed by atoms with Crippen molar-refractivity contribution in [3.8, 4) is 0 Å². The molecular formula is C13H28N2O. The lowest BCUT2D eigenvalue weighted by atomic mass is 9.95. The smallest absolute Gasteiger partial charge is 0.0693 e. The number of rotatable bonds is 5. The van der Waals surface area contributed by atoms with Gasteiger partial charge in [-0.1, -0.05) is 27.7 Å². The summed E-state index contributed by atoms with van der Waals surface area (Å²) in [6.07, 6.45) is 1.00. The molecule has 3 unspecified atom stereocenters. The molecule has 1 rings (SSSR count). The molecular weight excluding hydrogens is 200 g/mol. The summed E-state index contributed by atoms with van der Waals surface area (Å²) in [5, 5.41) is 13.3. The lowest BCUT2D eigenvalue weighted by Crippen LogP contribution is -2.45. The Balaban J connectivity index is 2.21. The van der Waals surface area contributed by atoms with Crippen LogP contribution in [0, 0.1) is 11.8 Å². The van der Waals surface area contributed by atoms with Gasteiger partial charge in [-0.3, -0.25) is 0 Å². The van der Waals surface area contributed by atoms with Gasteiger partial charge in [-0.05, 0) is 31.3 Å².